The summed E-state index contributed by atoms with van der Waals surface area (Å²) in [6.45, 7) is -2.58. The van der Waals surface area contributed by atoms with Crippen LogP contribution in [0.25, 0.3) is 0 Å². The second kappa shape index (κ2) is 10.6. The Morgan fingerprint density at radius 1 is 1.54 bits per heavy atom. The highest BCUT2D eigenvalue weighted by Gasteiger charge is 2.32. The fraction of sp³-hybridized carbons (Fsp3) is 0.818. The molecule has 5 N–H and O–H groups in total. The molecule has 0 fully saturated rings. The number of nitrogens with zero attached hydrogens (tertiary/aromatic N) is 1. The topological polar surface area (TPSA) is 127 Å². The first-order valence-electron chi connectivity index (χ1n) is 6.97. The number of nitrogens with one attached hydrogen (secondary N) is 1. The van der Waals surface area contributed by atoms with E-state index in [-0.39, 0.29) is 0 Å². The van der Waals surface area contributed by atoms with Gasteiger partial charge in [-0.3, -0.25) is 14.4 Å². The highest BCUT2D eigenvalue weighted by atomic mass is 32.7. The van der Waals surface area contributed by atoms with Crippen molar-refractivity contribution in [1.29, 1.82) is 0 Å². The van der Waals surface area contributed by atoms with Gasteiger partial charge in [-0.1, -0.05) is 12.2 Å². The van der Waals surface area contributed by atoms with Gasteiger partial charge in [0.2, 0.25) is 0 Å². The fourth-order valence-electron chi connectivity index (χ4n) is 1.82. The average Bonchev–Trinajstić information content (AvgIpc) is 2.43. The Kier molecular flexibility index (Phi) is 10.0. The molecule has 0 radical (unpaired) electrons. The molecular formula is C11H24N3O6PS3. The van der Waals surface area contributed by atoms with Crippen LogP contribution < -0.4 is 11.1 Å². The first-order chi connectivity index (χ1) is 11.2. The summed E-state index contributed by atoms with van der Waals surface area (Å²) in [7, 11) is 0. The van der Waals surface area contributed by atoms with Crippen LogP contribution in [-0.2, 0) is 18.3 Å². The van der Waals surface area contributed by atoms with Gasteiger partial charge in [0.25, 0.3) is 0 Å². The lowest BCUT2D eigenvalue weighted by Gasteiger charge is -2.38. The molecule has 6 atom stereocenters. The van der Waals surface area contributed by atoms with Crippen molar-refractivity contribution in [2.24, 2.45) is 5.73 Å². The quantitative estimate of drug-likeness (QED) is 0.167. The minimum Gasteiger partial charge on any atom is -0.392 e. The van der Waals surface area contributed by atoms with Gasteiger partial charge in [-0.2, -0.15) is 11.8 Å². The first kappa shape index (κ1) is 22.6. The fourth-order valence-corrected chi connectivity index (χ4v) is 4.53. The van der Waals surface area contributed by atoms with Gasteiger partial charge in [0.15, 0.2) is 18.9 Å². The number of aliphatic hydroxyl groups is 2. The summed E-state index contributed by atoms with van der Waals surface area (Å²) in [5.41, 5.74) is 4.98. The van der Waals surface area contributed by atoms with E-state index in [1.807, 2.05) is 0 Å². The van der Waals surface area contributed by atoms with Crippen LogP contribution >= 0.6 is 43.4 Å². The maximum absolute atomic E-state index is 12.2. The molecule has 0 amide bonds. The van der Waals surface area contributed by atoms with Crippen molar-refractivity contribution in [3.8, 4) is 0 Å². The number of hydrogen-bond donors (Lipinski definition) is 6. The second-order valence-electron chi connectivity index (χ2n) is 4.79. The van der Waals surface area contributed by atoms with Crippen molar-refractivity contribution < 1.29 is 28.6 Å². The maximum atomic E-state index is 12.2. The molecule has 0 aromatic heterocycles. The highest BCUT2D eigenvalue weighted by molar-refractivity contribution is 8.44. The molecule has 142 valence electrons. The molecule has 13 heteroatoms. The molecule has 1 aliphatic rings. The Balaban J connectivity index is 2.77. The normalized spacial score (nSPS) is 27.5. The van der Waals surface area contributed by atoms with Crippen LogP contribution in [0, 0.1) is 0 Å². The molecule has 1 heterocycles. The van der Waals surface area contributed by atoms with Gasteiger partial charge in [0.1, 0.15) is 5.44 Å². The molecule has 0 saturated carbocycles. The van der Waals surface area contributed by atoms with E-state index in [2.05, 4.69) is 30.2 Å². The van der Waals surface area contributed by atoms with Crippen molar-refractivity contribution in [3.05, 3.63) is 12.3 Å². The summed E-state index contributed by atoms with van der Waals surface area (Å²) < 4.78 is 28.1. The Morgan fingerprint density at radius 3 is 2.71 bits per heavy atom. The smallest absolute Gasteiger partial charge is 0.389 e. The van der Waals surface area contributed by atoms with E-state index in [0.29, 0.717) is 5.75 Å². The third-order valence-electron chi connectivity index (χ3n) is 2.73. The van der Waals surface area contributed by atoms with E-state index in [1.165, 1.54) is 22.9 Å². The number of ether oxygens (including phenoxy) is 1. The Morgan fingerprint density at radius 2 is 2.21 bits per heavy atom. The lowest BCUT2D eigenvalue weighted by atomic mass is 10.3. The largest absolute Gasteiger partial charge is 0.392 e. The van der Waals surface area contributed by atoms with E-state index in [0.717, 1.165) is 0 Å². The zero-order chi connectivity index (χ0) is 18.3. The van der Waals surface area contributed by atoms with Crippen molar-refractivity contribution in [1.82, 2.24) is 10.2 Å². The lowest BCUT2D eigenvalue weighted by Crippen LogP contribution is -2.58. The summed E-state index contributed by atoms with van der Waals surface area (Å²) in [6, 6.07) is 0. The molecule has 24 heavy (non-hydrogen) atoms. The van der Waals surface area contributed by atoms with Gasteiger partial charge < -0.3 is 25.6 Å². The number of aliphatic hydroxyl groups excluding tert-OH is 2. The SMILES string of the molecule is CSC[C@@H](O[C@H](CO)N1C=CC(N)NC1O)OP(=O)(S)OC(C)S. The molecule has 1 aliphatic heterocycles. The van der Waals surface area contributed by atoms with E-state index in [1.54, 1.807) is 19.3 Å². The maximum Gasteiger partial charge on any atom is 0.389 e. The molecule has 0 bridgehead atoms. The van der Waals surface area contributed by atoms with Gasteiger partial charge in [-0.25, -0.2) is 4.57 Å². The Bertz CT molecular complexity index is 461. The van der Waals surface area contributed by atoms with Crippen LogP contribution in [0.2, 0.25) is 0 Å². The number of rotatable bonds is 10. The van der Waals surface area contributed by atoms with Crippen LogP contribution in [0.3, 0.4) is 0 Å². The Hall–Kier alpha value is 0.540. The summed E-state index contributed by atoms with van der Waals surface area (Å²) in [6.07, 6.45) is 1.24. The van der Waals surface area contributed by atoms with Crippen molar-refractivity contribution >= 4 is 43.4 Å². The molecule has 4 unspecified atom stereocenters. The average molecular weight is 422 g/mol. The van der Waals surface area contributed by atoms with Crippen molar-refractivity contribution in [2.45, 2.75) is 37.4 Å². The minimum absolute atomic E-state index is 0.298. The van der Waals surface area contributed by atoms with Crippen molar-refractivity contribution in [2.75, 3.05) is 18.6 Å². The van der Waals surface area contributed by atoms with Crippen LogP contribution in [-0.4, -0.2) is 64.2 Å². The van der Waals surface area contributed by atoms with Crippen LogP contribution in [0.1, 0.15) is 6.92 Å². The monoisotopic (exact) mass is 421 g/mol. The number of hydrogen-bond acceptors (Lipinski definition) is 11. The molecule has 0 saturated heterocycles. The number of thioether (sulfide) groups is 1. The molecule has 0 aromatic rings. The van der Waals surface area contributed by atoms with E-state index < -0.39 is 43.9 Å². The van der Waals surface area contributed by atoms with Crippen LogP contribution in [0.4, 0.5) is 0 Å². The third kappa shape index (κ3) is 7.83. The second-order valence-corrected chi connectivity index (χ2v) is 9.26. The van der Waals surface area contributed by atoms with Gasteiger partial charge in [-0.05, 0) is 19.3 Å². The number of nitrogens with two attached hydrogens (primary N) is 1. The minimum atomic E-state index is -3.70. The summed E-state index contributed by atoms with van der Waals surface area (Å²) in [4.78, 5) is 1.31. The number of thiol groups is 2. The summed E-state index contributed by atoms with van der Waals surface area (Å²) in [5, 5.41) is 22.2. The molecule has 0 aromatic carbocycles. The van der Waals surface area contributed by atoms with Crippen LogP contribution in [0.15, 0.2) is 12.3 Å². The van der Waals surface area contributed by atoms with E-state index >= 15 is 0 Å². The van der Waals surface area contributed by atoms with Gasteiger partial charge >= 0.3 is 6.80 Å². The summed E-state index contributed by atoms with van der Waals surface area (Å²) >= 11 is 9.22. The third-order valence-corrected chi connectivity index (χ3v) is 5.25. The van der Waals surface area contributed by atoms with E-state index in [9.17, 15) is 14.8 Å². The highest BCUT2D eigenvalue weighted by Crippen LogP contribution is 2.55. The molecule has 9 nitrogen and oxygen atoms in total. The summed E-state index contributed by atoms with van der Waals surface area (Å²) in [5.74, 6) is 0.298. The van der Waals surface area contributed by atoms with Gasteiger partial charge in [-0.15, -0.1) is 12.6 Å². The zero-order valence-corrected chi connectivity index (χ0v) is 16.8. The van der Waals surface area contributed by atoms with Gasteiger partial charge in [0, 0.05) is 12.0 Å². The predicted octanol–water partition coefficient (Wildman–Crippen LogP) is 0.337. The van der Waals surface area contributed by atoms with Crippen molar-refractivity contribution in [3.63, 3.8) is 0 Å². The lowest BCUT2D eigenvalue weighted by molar-refractivity contribution is -0.198. The van der Waals surface area contributed by atoms with E-state index in [4.69, 9.17) is 19.5 Å². The van der Waals surface area contributed by atoms with Crippen LogP contribution in [0.5, 0.6) is 0 Å². The molecule has 1 rings (SSSR count). The molecular weight excluding hydrogens is 397 g/mol. The first-order valence-corrected chi connectivity index (χ1v) is 11.6. The van der Waals surface area contributed by atoms with Gasteiger partial charge in [0.05, 0.1) is 12.8 Å². The zero-order valence-electron chi connectivity index (χ0n) is 13.3. The molecule has 0 aliphatic carbocycles. The Labute approximate surface area is 156 Å². The molecule has 0 spiro atoms. The standard InChI is InChI=1S/C11H24N3O6PS3/c1-7(22)19-21(17,23)20-10(6-24-2)18-9(5-15)14-4-3-8(12)13-11(14)16/h3-4,7-11,13,15-16,22H,5-6,12H2,1-2H3,(H,17,23)/t7?,8?,9-,10+,11?,21?/m1/s1. The predicted molar refractivity (Wildman–Crippen MR) is 99.4 cm³/mol.